The predicted octanol–water partition coefficient (Wildman–Crippen LogP) is 0.550. The summed E-state index contributed by atoms with van der Waals surface area (Å²) < 4.78 is 1.91. The van der Waals surface area contributed by atoms with E-state index in [0.717, 1.165) is 37.9 Å². The number of amides is 1. The van der Waals surface area contributed by atoms with Crippen molar-refractivity contribution in [1.29, 1.82) is 0 Å². The molecule has 94 valence electrons. The molecule has 2 aromatic heterocycles. The van der Waals surface area contributed by atoms with Crippen LogP contribution in [-0.2, 0) is 13.0 Å². The van der Waals surface area contributed by atoms with Gasteiger partial charge in [0.05, 0.1) is 11.9 Å². The Labute approximate surface area is 103 Å². The standard InChI is InChI=1S/C12H14N4O2/c13-11(17)8-7-4-2-1-3-5-16(7)10-9(8)14-6-15-12(10)18/h6H,1-5H2,(H2,13,17)(H,14,15,18). The lowest BCUT2D eigenvalue weighted by Crippen LogP contribution is -2.14. The Balaban J connectivity index is 2.45. The highest BCUT2D eigenvalue weighted by Crippen LogP contribution is 2.26. The molecule has 2 aromatic rings. The van der Waals surface area contributed by atoms with E-state index in [1.807, 2.05) is 4.57 Å². The average Bonchev–Trinajstić information content (AvgIpc) is 2.49. The molecule has 3 heterocycles. The molecule has 0 radical (unpaired) electrons. The summed E-state index contributed by atoms with van der Waals surface area (Å²) in [7, 11) is 0. The van der Waals surface area contributed by atoms with E-state index in [1.54, 1.807) is 0 Å². The van der Waals surface area contributed by atoms with Crippen LogP contribution in [0.15, 0.2) is 11.1 Å². The van der Waals surface area contributed by atoms with Gasteiger partial charge >= 0.3 is 0 Å². The normalized spacial score (nSPS) is 15.3. The van der Waals surface area contributed by atoms with Crippen molar-refractivity contribution in [3.8, 4) is 0 Å². The van der Waals surface area contributed by atoms with Gasteiger partial charge in [0.25, 0.3) is 11.5 Å². The zero-order valence-corrected chi connectivity index (χ0v) is 9.90. The molecule has 18 heavy (non-hydrogen) atoms. The molecule has 0 aromatic carbocycles. The molecule has 6 nitrogen and oxygen atoms in total. The highest BCUT2D eigenvalue weighted by atomic mass is 16.1. The van der Waals surface area contributed by atoms with Crippen LogP contribution in [0, 0.1) is 0 Å². The van der Waals surface area contributed by atoms with Crippen molar-refractivity contribution in [3.63, 3.8) is 0 Å². The number of nitrogens with two attached hydrogens (primary N) is 1. The molecule has 1 aliphatic rings. The lowest BCUT2D eigenvalue weighted by atomic mass is 10.1. The molecule has 1 amide bonds. The number of primary amides is 1. The van der Waals surface area contributed by atoms with Gasteiger partial charge in [-0.1, -0.05) is 6.42 Å². The lowest BCUT2D eigenvalue weighted by Gasteiger charge is -2.05. The van der Waals surface area contributed by atoms with Gasteiger partial charge in [-0.15, -0.1) is 0 Å². The zero-order chi connectivity index (χ0) is 12.7. The SMILES string of the molecule is NC(=O)c1c2n(c3c(=O)[nH]cnc13)CCCCC2. The summed E-state index contributed by atoms with van der Waals surface area (Å²) >= 11 is 0. The Morgan fingerprint density at radius 3 is 3.00 bits per heavy atom. The number of carbonyl (C=O) groups excluding carboxylic acids is 1. The third-order valence-electron chi connectivity index (χ3n) is 3.49. The third kappa shape index (κ3) is 1.45. The second-order valence-electron chi connectivity index (χ2n) is 4.58. The van der Waals surface area contributed by atoms with Crippen molar-refractivity contribution in [2.24, 2.45) is 5.73 Å². The number of nitrogens with zero attached hydrogens (tertiary/aromatic N) is 2. The fraction of sp³-hybridized carbons (Fsp3) is 0.417. The molecule has 0 atom stereocenters. The molecule has 0 saturated carbocycles. The summed E-state index contributed by atoms with van der Waals surface area (Å²) in [5.41, 5.74) is 7.42. The summed E-state index contributed by atoms with van der Waals surface area (Å²) in [6, 6.07) is 0. The first kappa shape index (κ1) is 11.0. The van der Waals surface area contributed by atoms with E-state index in [-0.39, 0.29) is 5.56 Å². The van der Waals surface area contributed by atoms with Gasteiger partial charge in [0.2, 0.25) is 0 Å². The minimum Gasteiger partial charge on any atom is -0.365 e. The number of aryl methyl sites for hydroxylation is 1. The lowest BCUT2D eigenvalue weighted by molar-refractivity contribution is 0.100. The molecule has 0 spiro atoms. The first-order chi connectivity index (χ1) is 8.70. The molecular formula is C12H14N4O2. The Hall–Kier alpha value is -2.11. The quantitative estimate of drug-likeness (QED) is 0.769. The van der Waals surface area contributed by atoms with Gasteiger partial charge in [-0.2, -0.15) is 0 Å². The number of rotatable bonds is 1. The molecule has 1 aliphatic heterocycles. The van der Waals surface area contributed by atoms with Crippen LogP contribution in [0.4, 0.5) is 0 Å². The van der Waals surface area contributed by atoms with E-state index >= 15 is 0 Å². The van der Waals surface area contributed by atoms with Crippen LogP contribution in [0.5, 0.6) is 0 Å². The van der Waals surface area contributed by atoms with Crippen molar-refractivity contribution in [3.05, 3.63) is 27.9 Å². The van der Waals surface area contributed by atoms with E-state index in [1.165, 1.54) is 6.33 Å². The van der Waals surface area contributed by atoms with Gasteiger partial charge in [-0.3, -0.25) is 9.59 Å². The van der Waals surface area contributed by atoms with Gasteiger partial charge < -0.3 is 15.3 Å². The maximum absolute atomic E-state index is 11.9. The minimum atomic E-state index is -0.506. The second-order valence-corrected chi connectivity index (χ2v) is 4.58. The Bertz CT molecular complexity index is 683. The Kier molecular flexibility index (Phi) is 2.43. The third-order valence-corrected chi connectivity index (χ3v) is 3.49. The van der Waals surface area contributed by atoms with E-state index in [9.17, 15) is 9.59 Å². The van der Waals surface area contributed by atoms with Crippen molar-refractivity contribution in [2.75, 3.05) is 0 Å². The molecular weight excluding hydrogens is 232 g/mol. The zero-order valence-electron chi connectivity index (χ0n) is 9.90. The number of aromatic nitrogens is 3. The molecule has 6 heteroatoms. The van der Waals surface area contributed by atoms with Crippen LogP contribution in [0.25, 0.3) is 11.0 Å². The maximum Gasteiger partial charge on any atom is 0.275 e. The number of hydrogen-bond acceptors (Lipinski definition) is 3. The van der Waals surface area contributed by atoms with E-state index < -0.39 is 5.91 Å². The number of carbonyl (C=O) groups is 1. The van der Waals surface area contributed by atoms with Gasteiger partial charge in [0, 0.05) is 12.2 Å². The van der Waals surface area contributed by atoms with Crippen molar-refractivity contribution < 1.29 is 4.79 Å². The van der Waals surface area contributed by atoms with Crippen molar-refractivity contribution >= 4 is 16.9 Å². The number of hydrogen-bond donors (Lipinski definition) is 2. The number of nitrogens with one attached hydrogen (secondary N) is 1. The molecule has 0 saturated heterocycles. The Morgan fingerprint density at radius 1 is 1.39 bits per heavy atom. The van der Waals surface area contributed by atoms with E-state index in [0.29, 0.717) is 16.6 Å². The summed E-state index contributed by atoms with van der Waals surface area (Å²) in [5, 5.41) is 0. The summed E-state index contributed by atoms with van der Waals surface area (Å²) in [5.74, 6) is -0.506. The van der Waals surface area contributed by atoms with Crippen LogP contribution in [0.3, 0.4) is 0 Å². The monoisotopic (exact) mass is 246 g/mol. The molecule has 0 fully saturated rings. The predicted molar refractivity (Wildman–Crippen MR) is 66.4 cm³/mol. The largest absolute Gasteiger partial charge is 0.365 e. The van der Waals surface area contributed by atoms with Crippen LogP contribution in [-0.4, -0.2) is 20.4 Å². The number of fused-ring (bicyclic) bond motifs is 3. The molecule has 0 aliphatic carbocycles. The molecule has 0 unspecified atom stereocenters. The van der Waals surface area contributed by atoms with E-state index in [4.69, 9.17) is 5.73 Å². The smallest absolute Gasteiger partial charge is 0.275 e. The van der Waals surface area contributed by atoms with Gasteiger partial charge in [-0.05, 0) is 19.3 Å². The number of H-pyrrole nitrogens is 1. The Morgan fingerprint density at radius 2 is 2.22 bits per heavy atom. The summed E-state index contributed by atoms with van der Waals surface area (Å²) in [6.45, 7) is 0.744. The van der Waals surface area contributed by atoms with Crippen LogP contribution >= 0.6 is 0 Å². The highest BCUT2D eigenvalue weighted by molar-refractivity contribution is 6.06. The summed E-state index contributed by atoms with van der Waals surface area (Å²) in [6.07, 6.45) is 5.20. The first-order valence-corrected chi connectivity index (χ1v) is 6.08. The molecule has 0 bridgehead atoms. The van der Waals surface area contributed by atoms with Crippen molar-refractivity contribution in [1.82, 2.24) is 14.5 Å². The maximum atomic E-state index is 11.9. The van der Waals surface area contributed by atoms with Gasteiger partial charge in [0.1, 0.15) is 11.0 Å². The van der Waals surface area contributed by atoms with Crippen LogP contribution < -0.4 is 11.3 Å². The van der Waals surface area contributed by atoms with Crippen LogP contribution in [0.2, 0.25) is 0 Å². The molecule has 3 N–H and O–H groups in total. The van der Waals surface area contributed by atoms with Gasteiger partial charge in [-0.25, -0.2) is 4.98 Å². The average molecular weight is 246 g/mol. The second kappa shape index (κ2) is 3.97. The summed E-state index contributed by atoms with van der Waals surface area (Å²) in [4.78, 5) is 30.2. The first-order valence-electron chi connectivity index (χ1n) is 6.08. The topological polar surface area (TPSA) is 93.8 Å². The van der Waals surface area contributed by atoms with Crippen molar-refractivity contribution in [2.45, 2.75) is 32.2 Å². The van der Waals surface area contributed by atoms with E-state index in [2.05, 4.69) is 9.97 Å². The highest BCUT2D eigenvalue weighted by Gasteiger charge is 2.24. The minimum absolute atomic E-state index is 0.212. The number of aromatic amines is 1. The van der Waals surface area contributed by atoms with Crippen LogP contribution in [0.1, 0.15) is 35.3 Å². The van der Waals surface area contributed by atoms with Gasteiger partial charge in [0.15, 0.2) is 0 Å². The fourth-order valence-corrected chi connectivity index (χ4v) is 2.74. The fourth-order valence-electron chi connectivity index (χ4n) is 2.74. The molecule has 3 rings (SSSR count).